The van der Waals surface area contributed by atoms with Crippen molar-refractivity contribution in [3.05, 3.63) is 29.8 Å². The van der Waals surface area contributed by atoms with Crippen molar-refractivity contribution in [3.8, 4) is 5.75 Å². The zero-order valence-electron chi connectivity index (χ0n) is 14.6. The number of phenolic OH excluding ortho intramolecular Hbond substituents is 1. The summed E-state index contributed by atoms with van der Waals surface area (Å²) >= 11 is 0. The van der Waals surface area contributed by atoms with Crippen molar-refractivity contribution >= 4 is 23.6 Å². The summed E-state index contributed by atoms with van der Waals surface area (Å²) in [5.74, 6) is -2.43. The minimum absolute atomic E-state index is 0.0305. The van der Waals surface area contributed by atoms with Crippen LogP contribution in [0.25, 0.3) is 0 Å². The molecular formula is C16H24N6O5. The van der Waals surface area contributed by atoms with Crippen LogP contribution in [0.4, 0.5) is 0 Å². The smallest absolute Gasteiger partial charge is 0.240 e. The van der Waals surface area contributed by atoms with Crippen LogP contribution in [0.15, 0.2) is 24.3 Å². The number of amides is 4. The van der Waals surface area contributed by atoms with Gasteiger partial charge in [0.15, 0.2) is 0 Å². The number of carbonyl (C=O) groups is 4. The lowest BCUT2D eigenvalue weighted by atomic mass is 10.1. The van der Waals surface area contributed by atoms with E-state index in [4.69, 9.17) is 17.2 Å². The maximum atomic E-state index is 11.9. The summed E-state index contributed by atoms with van der Waals surface area (Å²) in [6, 6.07) is 4.22. The molecule has 1 rings (SSSR count). The summed E-state index contributed by atoms with van der Waals surface area (Å²) in [5.41, 5.74) is 16.5. The number of phenols is 1. The Morgan fingerprint density at radius 3 is 2.22 bits per heavy atom. The van der Waals surface area contributed by atoms with Crippen LogP contribution in [0.3, 0.4) is 0 Å². The minimum atomic E-state index is -0.985. The van der Waals surface area contributed by atoms with Gasteiger partial charge in [0.25, 0.3) is 0 Å². The molecule has 0 radical (unpaired) electrons. The van der Waals surface area contributed by atoms with E-state index in [0.29, 0.717) is 5.56 Å². The molecule has 10 N–H and O–H groups in total. The van der Waals surface area contributed by atoms with Crippen LogP contribution in [0, 0.1) is 0 Å². The lowest BCUT2D eigenvalue weighted by Crippen LogP contribution is -2.51. The zero-order valence-corrected chi connectivity index (χ0v) is 14.6. The van der Waals surface area contributed by atoms with Gasteiger partial charge in [-0.1, -0.05) is 12.1 Å². The SMILES string of the molecule is NC(=O)CNC(=O)C(N)CNCC(=O)NC(Cc1ccc(O)cc1)C(N)=O. The van der Waals surface area contributed by atoms with E-state index in [1.165, 1.54) is 12.1 Å². The molecule has 148 valence electrons. The van der Waals surface area contributed by atoms with Crippen LogP contribution in [-0.4, -0.2) is 60.5 Å². The van der Waals surface area contributed by atoms with Crippen molar-refractivity contribution < 1.29 is 24.3 Å². The monoisotopic (exact) mass is 380 g/mol. The quantitative estimate of drug-likeness (QED) is 0.205. The predicted octanol–water partition coefficient (Wildman–Crippen LogP) is -3.58. The lowest BCUT2D eigenvalue weighted by molar-refractivity contribution is -0.127. The first kappa shape index (κ1) is 21.9. The summed E-state index contributed by atoms with van der Waals surface area (Å²) in [5, 5.41) is 16.6. The topological polar surface area (TPSA) is 203 Å². The van der Waals surface area contributed by atoms with Crippen molar-refractivity contribution in [1.82, 2.24) is 16.0 Å². The summed E-state index contributed by atoms with van der Waals surface area (Å²) in [6.07, 6.45) is 0.163. The highest BCUT2D eigenvalue weighted by Gasteiger charge is 2.19. The normalized spacial score (nSPS) is 12.6. The second-order valence-corrected chi connectivity index (χ2v) is 5.81. The highest BCUT2D eigenvalue weighted by Crippen LogP contribution is 2.11. The van der Waals surface area contributed by atoms with E-state index in [-0.39, 0.29) is 31.8 Å². The molecule has 0 aromatic heterocycles. The van der Waals surface area contributed by atoms with E-state index in [9.17, 15) is 24.3 Å². The van der Waals surface area contributed by atoms with Gasteiger partial charge >= 0.3 is 0 Å². The van der Waals surface area contributed by atoms with Crippen molar-refractivity contribution in [2.24, 2.45) is 17.2 Å². The third-order valence-corrected chi connectivity index (χ3v) is 3.48. The number of hydrogen-bond donors (Lipinski definition) is 7. The van der Waals surface area contributed by atoms with Gasteiger partial charge in [-0.15, -0.1) is 0 Å². The molecule has 1 aromatic carbocycles. The van der Waals surface area contributed by atoms with Crippen LogP contribution in [-0.2, 0) is 25.6 Å². The Morgan fingerprint density at radius 2 is 1.67 bits per heavy atom. The molecule has 2 atom stereocenters. The molecule has 0 saturated carbocycles. The van der Waals surface area contributed by atoms with Crippen molar-refractivity contribution in [3.63, 3.8) is 0 Å². The molecule has 0 aliphatic carbocycles. The number of aromatic hydroxyl groups is 1. The Bertz CT molecular complexity index is 678. The molecule has 0 fully saturated rings. The van der Waals surface area contributed by atoms with Gasteiger partial charge in [0.2, 0.25) is 23.6 Å². The highest BCUT2D eigenvalue weighted by atomic mass is 16.3. The second-order valence-electron chi connectivity index (χ2n) is 5.81. The molecular weight excluding hydrogens is 356 g/mol. The third kappa shape index (κ3) is 8.65. The summed E-state index contributed by atoms with van der Waals surface area (Å²) in [6.45, 7) is -0.558. The first-order chi connectivity index (χ1) is 12.7. The number of nitrogens with two attached hydrogens (primary N) is 3. The van der Waals surface area contributed by atoms with Crippen molar-refractivity contribution in [2.75, 3.05) is 19.6 Å². The fourth-order valence-corrected chi connectivity index (χ4v) is 2.08. The molecule has 1 aromatic rings. The number of carbonyl (C=O) groups excluding carboxylic acids is 4. The third-order valence-electron chi connectivity index (χ3n) is 3.48. The van der Waals surface area contributed by atoms with Crippen molar-refractivity contribution in [1.29, 1.82) is 0 Å². The predicted molar refractivity (Wildman–Crippen MR) is 96.0 cm³/mol. The van der Waals surface area contributed by atoms with E-state index in [0.717, 1.165) is 0 Å². The summed E-state index contributed by atoms with van der Waals surface area (Å²) < 4.78 is 0. The molecule has 0 aliphatic rings. The number of primary amides is 2. The molecule has 11 heteroatoms. The van der Waals surface area contributed by atoms with Gasteiger partial charge in [0.05, 0.1) is 19.1 Å². The first-order valence-electron chi connectivity index (χ1n) is 8.08. The average molecular weight is 380 g/mol. The highest BCUT2D eigenvalue weighted by molar-refractivity contribution is 5.88. The Labute approximate surface area is 155 Å². The molecule has 4 amide bonds. The van der Waals surface area contributed by atoms with Gasteiger partial charge in [0, 0.05) is 13.0 Å². The fraction of sp³-hybridized carbons (Fsp3) is 0.375. The van der Waals surface area contributed by atoms with E-state index in [2.05, 4.69) is 16.0 Å². The van der Waals surface area contributed by atoms with Crippen LogP contribution in [0.2, 0.25) is 0 Å². The molecule has 27 heavy (non-hydrogen) atoms. The van der Waals surface area contributed by atoms with E-state index < -0.39 is 35.7 Å². The molecule has 0 aliphatic heterocycles. The number of benzene rings is 1. The number of hydrogen-bond acceptors (Lipinski definition) is 7. The van der Waals surface area contributed by atoms with Crippen LogP contribution in [0.5, 0.6) is 5.75 Å². The van der Waals surface area contributed by atoms with Gasteiger partial charge < -0.3 is 38.3 Å². The number of rotatable bonds is 11. The van der Waals surface area contributed by atoms with Gasteiger partial charge in [-0.25, -0.2) is 0 Å². The Kier molecular flexibility index (Phi) is 8.69. The molecule has 0 saturated heterocycles. The van der Waals surface area contributed by atoms with Crippen molar-refractivity contribution in [2.45, 2.75) is 18.5 Å². The van der Waals surface area contributed by atoms with E-state index in [1.807, 2.05) is 0 Å². The molecule has 0 spiro atoms. The van der Waals surface area contributed by atoms with Crippen LogP contribution >= 0.6 is 0 Å². The second kappa shape index (κ2) is 10.7. The van der Waals surface area contributed by atoms with E-state index in [1.54, 1.807) is 12.1 Å². The molecule has 0 heterocycles. The average Bonchev–Trinajstić information content (AvgIpc) is 2.60. The van der Waals surface area contributed by atoms with Crippen LogP contribution in [0.1, 0.15) is 5.56 Å². The van der Waals surface area contributed by atoms with Gasteiger partial charge in [-0.05, 0) is 17.7 Å². The number of nitrogens with one attached hydrogen (secondary N) is 3. The first-order valence-corrected chi connectivity index (χ1v) is 8.08. The Balaban J connectivity index is 2.41. The Morgan fingerprint density at radius 1 is 1.04 bits per heavy atom. The van der Waals surface area contributed by atoms with E-state index >= 15 is 0 Å². The lowest BCUT2D eigenvalue weighted by Gasteiger charge is -2.17. The zero-order chi connectivity index (χ0) is 20.4. The summed E-state index contributed by atoms with van der Waals surface area (Å²) in [7, 11) is 0. The Hall–Kier alpha value is -3.18. The standard InChI is InChI=1S/C16H24N6O5/c17-11(16(27)21-7-13(18)24)6-20-8-14(25)22-12(15(19)26)5-9-1-3-10(23)4-2-9/h1-4,11-12,20,23H,5-8,17H2,(H2,18,24)(H2,19,26)(H,21,27)(H,22,25). The molecule has 0 bridgehead atoms. The van der Waals surface area contributed by atoms with Gasteiger partial charge in [-0.2, -0.15) is 0 Å². The molecule has 2 unspecified atom stereocenters. The minimum Gasteiger partial charge on any atom is -0.508 e. The maximum Gasteiger partial charge on any atom is 0.240 e. The van der Waals surface area contributed by atoms with Crippen LogP contribution < -0.4 is 33.2 Å². The largest absolute Gasteiger partial charge is 0.508 e. The van der Waals surface area contributed by atoms with Gasteiger partial charge in [0.1, 0.15) is 11.8 Å². The van der Waals surface area contributed by atoms with Gasteiger partial charge in [-0.3, -0.25) is 19.2 Å². The maximum absolute atomic E-state index is 11.9. The molecule has 11 nitrogen and oxygen atoms in total. The fourth-order valence-electron chi connectivity index (χ4n) is 2.08. The summed E-state index contributed by atoms with van der Waals surface area (Å²) in [4.78, 5) is 45.6.